The van der Waals surface area contributed by atoms with Gasteiger partial charge in [0.05, 0.1) is 17.2 Å². The van der Waals surface area contributed by atoms with Gasteiger partial charge in [-0.1, -0.05) is 0 Å². The fraction of sp³-hybridized carbons (Fsp3) is 0.208. The van der Waals surface area contributed by atoms with E-state index in [9.17, 15) is 13.2 Å². The highest BCUT2D eigenvalue weighted by atomic mass is 127. The van der Waals surface area contributed by atoms with Gasteiger partial charge in [0, 0.05) is 14.2 Å². The maximum Gasteiger partial charge on any atom is 0.264 e. The van der Waals surface area contributed by atoms with Gasteiger partial charge in [0.1, 0.15) is 12.3 Å². The molecule has 0 radical (unpaired) electrons. The Morgan fingerprint density at radius 1 is 1.06 bits per heavy atom. The number of nitrogens with one attached hydrogen (secondary N) is 1. The molecule has 0 bridgehead atoms. The number of carbonyl (C=O) groups excluding carboxylic acids is 1. The number of thioether (sulfide) groups is 1. The number of aryl methyl sites for hydroxylation is 1. The first-order valence-corrected chi connectivity index (χ1v) is 13.9. The Morgan fingerprint density at radius 3 is 2.30 bits per heavy atom. The van der Waals surface area contributed by atoms with Crippen LogP contribution in [0.5, 0.6) is 5.75 Å². The first kappa shape index (κ1) is 25.4. The minimum Gasteiger partial charge on any atom is -0.494 e. The van der Waals surface area contributed by atoms with E-state index in [-0.39, 0.29) is 11.4 Å². The van der Waals surface area contributed by atoms with Crippen LogP contribution in [-0.2, 0) is 14.8 Å². The van der Waals surface area contributed by atoms with Gasteiger partial charge in [0.2, 0.25) is 5.91 Å². The van der Waals surface area contributed by atoms with E-state index in [4.69, 9.17) is 4.74 Å². The second kappa shape index (κ2) is 11.3. The van der Waals surface area contributed by atoms with Crippen LogP contribution in [0.3, 0.4) is 0 Å². The van der Waals surface area contributed by atoms with E-state index < -0.39 is 15.9 Å². The van der Waals surface area contributed by atoms with Crippen molar-refractivity contribution in [1.82, 2.24) is 0 Å². The summed E-state index contributed by atoms with van der Waals surface area (Å²) >= 11 is 3.73. The highest BCUT2D eigenvalue weighted by Crippen LogP contribution is 2.27. The fourth-order valence-electron chi connectivity index (χ4n) is 3.15. The minimum atomic E-state index is -3.99. The molecule has 6 nitrogen and oxygen atoms in total. The number of halogens is 1. The molecular weight excluding hydrogens is 571 g/mol. The summed E-state index contributed by atoms with van der Waals surface area (Å²) in [4.78, 5) is 14.0. The summed E-state index contributed by atoms with van der Waals surface area (Å²) in [5.74, 6) is 0.194. The Morgan fingerprint density at radius 2 is 1.73 bits per heavy atom. The molecule has 0 unspecified atom stereocenters. The summed E-state index contributed by atoms with van der Waals surface area (Å²) < 4.78 is 34.7. The van der Waals surface area contributed by atoms with Gasteiger partial charge in [-0.2, -0.15) is 0 Å². The van der Waals surface area contributed by atoms with Crippen molar-refractivity contribution < 1.29 is 17.9 Å². The molecule has 0 fully saturated rings. The number of amides is 1. The monoisotopic (exact) mass is 596 g/mol. The van der Waals surface area contributed by atoms with Crippen LogP contribution in [0, 0.1) is 10.5 Å². The predicted octanol–water partition coefficient (Wildman–Crippen LogP) is 5.55. The van der Waals surface area contributed by atoms with E-state index in [2.05, 4.69) is 27.9 Å². The molecule has 174 valence electrons. The van der Waals surface area contributed by atoms with Gasteiger partial charge in [-0.3, -0.25) is 9.10 Å². The molecule has 0 heterocycles. The highest BCUT2D eigenvalue weighted by molar-refractivity contribution is 14.1. The highest BCUT2D eigenvalue weighted by Gasteiger charge is 2.27. The van der Waals surface area contributed by atoms with Crippen LogP contribution in [-0.4, -0.2) is 33.7 Å². The van der Waals surface area contributed by atoms with Crippen LogP contribution in [0.4, 0.5) is 11.4 Å². The van der Waals surface area contributed by atoms with E-state index in [1.807, 2.05) is 38.3 Å². The smallest absolute Gasteiger partial charge is 0.264 e. The van der Waals surface area contributed by atoms with Crippen molar-refractivity contribution >= 4 is 61.7 Å². The lowest BCUT2D eigenvalue weighted by atomic mass is 10.2. The molecule has 0 atom stereocenters. The number of carbonyl (C=O) groups is 1. The van der Waals surface area contributed by atoms with Crippen LogP contribution < -0.4 is 14.4 Å². The molecule has 9 heteroatoms. The average molecular weight is 597 g/mol. The molecule has 1 N–H and O–H groups in total. The van der Waals surface area contributed by atoms with Crippen LogP contribution in [0.1, 0.15) is 12.5 Å². The van der Waals surface area contributed by atoms with Gasteiger partial charge in [0.25, 0.3) is 10.0 Å². The van der Waals surface area contributed by atoms with E-state index in [0.29, 0.717) is 23.7 Å². The zero-order chi connectivity index (χ0) is 24.0. The normalized spacial score (nSPS) is 11.2. The maximum atomic E-state index is 13.5. The molecule has 0 aromatic heterocycles. The molecule has 0 spiro atoms. The molecule has 0 aliphatic carbocycles. The standard InChI is InChI=1S/C24H25IN2O4S2/c1-4-31-20-8-6-19(7-9-20)27(33(29,30)22-12-10-21(32-3)11-13-22)16-24(28)26-23-14-5-18(25)15-17(23)2/h5-15H,4,16H2,1-3H3,(H,26,28). The quantitative estimate of drug-likeness (QED) is 0.259. The number of hydrogen-bond acceptors (Lipinski definition) is 5. The number of nitrogens with zero attached hydrogens (tertiary/aromatic N) is 1. The Hall–Kier alpha value is -2.24. The van der Waals surface area contributed by atoms with Gasteiger partial charge < -0.3 is 10.1 Å². The zero-order valence-electron chi connectivity index (χ0n) is 18.5. The fourth-order valence-corrected chi connectivity index (χ4v) is 5.63. The lowest BCUT2D eigenvalue weighted by molar-refractivity contribution is -0.114. The van der Waals surface area contributed by atoms with Gasteiger partial charge in [-0.25, -0.2) is 8.42 Å². The second-order valence-electron chi connectivity index (χ2n) is 7.12. The number of rotatable bonds is 9. The third kappa shape index (κ3) is 6.42. The number of sulfonamides is 1. The van der Waals surface area contributed by atoms with E-state index in [1.54, 1.807) is 48.5 Å². The molecule has 3 aromatic rings. The van der Waals surface area contributed by atoms with Crippen LogP contribution >= 0.6 is 34.4 Å². The predicted molar refractivity (Wildman–Crippen MR) is 143 cm³/mol. The van der Waals surface area contributed by atoms with E-state index >= 15 is 0 Å². The van der Waals surface area contributed by atoms with Gasteiger partial charge >= 0.3 is 0 Å². The first-order valence-electron chi connectivity index (χ1n) is 10.2. The molecular formula is C24H25IN2O4S2. The Kier molecular flexibility index (Phi) is 8.66. The molecule has 33 heavy (non-hydrogen) atoms. The largest absolute Gasteiger partial charge is 0.494 e. The van der Waals surface area contributed by atoms with Crippen LogP contribution in [0.15, 0.2) is 76.5 Å². The van der Waals surface area contributed by atoms with Crippen molar-refractivity contribution in [3.05, 3.63) is 75.9 Å². The van der Waals surface area contributed by atoms with Crippen molar-refractivity contribution in [2.45, 2.75) is 23.6 Å². The van der Waals surface area contributed by atoms with Crippen molar-refractivity contribution in [2.75, 3.05) is 29.0 Å². The third-order valence-electron chi connectivity index (χ3n) is 4.83. The zero-order valence-corrected chi connectivity index (χ0v) is 22.3. The minimum absolute atomic E-state index is 0.118. The van der Waals surface area contributed by atoms with Crippen molar-refractivity contribution in [2.24, 2.45) is 0 Å². The molecule has 3 rings (SSSR count). The van der Waals surface area contributed by atoms with Gasteiger partial charge in [0.15, 0.2) is 0 Å². The number of hydrogen-bond donors (Lipinski definition) is 1. The van der Waals surface area contributed by atoms with Crippen molar-refractivity contribution in [3.8, 4) is 5.75 Å². The van der Waals surface area contributed by atoms with Crippen molar-refractivity contribution in [1.29, 1.82) is 0 Å². The first-order chi connectivity index (χ1) is 15.7. The van der Waals surface area contributed by atoms with Crippen LogP contribution in [0.2, 0.25) is 0 Å². The molecule has 0 saturated heterocycles. The third-order valence-corrected chi connectivity index (χ3v) is 8.04. The maximum absolute atomic E-state index is 13.5. The van der Waals surface area contributed by atoms with E-state index in [0.717, 1.165) is 18.3 Å². The molecule has 0 aliphatic heterocycles. The lowest BCUT2D eigenvalue weighted by Gasteiger charge is -2.24. The second-order valence-corrected chi connectivity index (χ2v) is 11.1. The van der Waals surface area contributed by atoms with Gasteiger partial charge in [-0.15, -0.1) is 11.8 Å². The summed E-state index contributed by atoms with van der Waals surface area (Å²) in [6.45, 7) is 3.90. The Labute approximate surface area is 212 Å². The summed E-state index contributed by atoms with van der Waals surface area (Å²) in [6, 6.07) is 18.9. The summed E-state index contributed by atoms with van der Waals surface area (Å²) in [7, 11) is -3.99. The molecule has 0 saturated carbocycles. The number of ether oxygens (including phenoxy) is 1. The Balaban J connectivity index is 1.94. The van der Waals surface area contributed by atoms with Gasteiger partial charge in [-0.05, 0) is 115 Å². The SMILES string of the molecule is CCOc1ccc(N(CC(=O)Nc2ccc(I)cc2C)S(=O)(=O)c2ccc(SC)cc2)cc1. The van der Waals surface area contributed by atoms with Crippen LogP contribution in [0.25, 0.3) is 0 Å². The summed E-state index contributed by atoms with van der Waals surface area (Å²) in [6.07, 6.45) is 1.92. The average Bonchev–Trinajstić information content (AvgIpc) is 2.80. The molecule has 1 amide bonds. The number of benzene rings is 3. The molecule has 3 aromatic carbocycles. The summed E-state index contributed by atoms with van der Waals surface area (Å²) in [5.41, 5.74) is 1.93. The van der Waals surface area contributed by atoms with Crippen molar-refractivity contribution in [3.63, 3.8) is 0 Å². The Bertz CT molecular complexity index is 1210. The van der Waals surface area contributed by atoms with E-state index in [1.165, 1.54) is 11.8 Å². The number of anilines is 2. The topological polar surface area (TPSA) is 75.7 Å². The summed E-state index contributed by atoms with van der Waals surface area (Å²) in [5, 5.41) is 2.83. The molecule has 0 aliphatic rings. The lowest BCUT2D eigenvalue weighted by Crippen LogP contribution is -2.38.